The molecule has 1 aromatic heterocycles. The molecule has 0 saturated heterocycles. The molecule has 137 heavy (non-hydrogen) atoms. The summed E-state index contributed by atoms with van der Waals surface area (Å²) >= 11 is 10.9. The number of carbonyl (C=O) groups is 1. The first kappa shape index (κ1) is 88.7. The van der Waals surface area contributed by atoms with E-state index in [2.05, 4.69) is 458 Å². The summed E-state index contributed by atoms with van der Waals surface area (Å²) in [6.45, 7) is 12.8. The van der Waals surface area contributed by atoms with Crippen molar-refractivity contribution in [1.82, 2.24) is 0 Å². The quantitative estimate of drug-likeness (QED) is 0.0921. The van der Waals surface area contributed by atoms with Gasteiger partial charge in [-0.1, -0.05) is 445 Å². The molecule has 0 aliphatic heterocycles. The summed E-state index contributed by atoms with van der Waals surface area (Å²) < 4.78 is 14.1. The van der Waals surface area contributed by atoms with Gasteiger partial charge in [0.15, 0.2) is 0 Å². The molecule has 2 aliphatic carbocycles. The summed E-state index contributed by atoms with van der Waals surface area (Å²) in [6.07, 6.45) is 0. The van der Waals surface area contributed by atoms with Crippen LogP contribution in [0.2, 0.25) is 0 Å². The lowest BCUT2D eigenvalue weighted by atomic mass is 9.67. The van der Waals surface area contributed by atoms with Crippen LogP contribution in [0.1, 0.15) is 105 Å². The fourth-order valence-corrected chi connectivity index (χ4v) is 22.1. The first-order valence-electron chi connectivity index (χ1n) is 46.4. The zero-order valence-corrected chi connectivity index (χ0v) is 81.7. The van der Waals surface area contributed by atoms with Gasteiger partial charge in [0.25, 0.3) is 0 Å². The van der Waals surface area contributed by atoms with Gasteiger partial charge in [-0.3, -0.25) is 0 Å². The molecule has 0 fully saturated rings. The number of aryl methyl sites for hydroxylation is 6. The molecule has 0 spiro atoms. The summed E-state index contributed by atoms with van der Waals surface area (Å²) in [4.78, 5) is 14.4. The van der Waals surface area contributed by atoms with E-state index in [0.29, 0.717) is 5.56 Å². The van der Waals surface area contributed by atoms with Crippen LogP contribution < -0.4 is 4.90 Å². The molecule has 8 heteroatoms. The molecule has 24 rings (SSSR count). The van der Waals surface area contributed by atoms with Gasteiger partial charge >= 0.3 is 5.97 Å². The Hall–Kier alpha value is -14.9. The molecule has 1 N–H and O–H groups in total. The van der Waals surface area contributed by atoms with Crippen molar-refractivity contribution >= 4 is 136 Å². The number of esters is 1. The summed E-state index contributed by atoms with van der Waals surface area (Å²) in [7, 11) is 1.40. The fraction of sp³-hybridized carbons (Fsp3) is 0.0775. The number of halogens is 3. The molecule has 21 aromatic carbocycles. The number of hydrogen-bond donors (Lipinski definition) is 1. The third kappa shape index (κ3) is 16.1. The zero-order valence-electron chi connectivity index (χ0n) is 77.0. The molecule has 0 unspecified atom stereocenters. The molecule has 22 aromatic rings. The van der Waals surface area contributed by atoms with Crippen LogP contribution in [0.15, 0.2) is 467 Å². The Morgan fingerprint density at radius 2 is 0.642 bits per heavy atom. The Bertz CT molecular complexity index is 8230. The highest BCUT2D eigenvalue weighted by Gasteiger charge is 2.49. The number of fused-ring (bicyclic) bond motifs is 15. The van der Waals surface area contributed by atoms with Crippen molar-refractivity contribution in [3.05, 3.63) is 562 Å². The van der Waals surface area contributed by atoms with E-state index in [1.165, 1.54) is 128 Å². The van der Waals surface area contributed by atoms with Crippen molar-refractivity contribution in [1.29, 1.82) is 0 Å². The molecule has 1 heterocycles. The van der Waals surface area contributed by atoms with Crippen molar-refractivity contribution in [2.45, 2.75) is 58.0 Å². The lowest BCUT2D eigenvalue weighted by Crippen LogP contribution is -2.29. The summed E-state index contributed by atoms with van der Waals surface area (Å²) in [5.74, 6) is -0.334. The van der Waals surface area contributed by atoms with E-state index in [0.717, 1.165) is 113 Å². The highest BCUT2D eigenvalue weighted by Crippen LogP contribution is 2.61. The predicted octanol–water partition coefficient (Wildman–Crippen LogP) is 35.0. The fourth-order valence-electron chi connectivity index (χ4n) is 21.0. The SMILES string of the molecule is COC(=O)c1cc(Br)ccc1-c1cccc2ccccc12.Cc1ccc(C(O)(c2ccc(C)cc2)c2cc(Br)ccc2-c2cccc3ccccc23)cc1.Cc1ccc(C2(c3ccc(C)cc3)c3cc(Br)ccc3-c3c2ccc2ccccc32)cc1.Cc1ccc(C2(c3ccc(C)cc3)c3cc(N(c4ccccc4)c4ccc5oc6ccccc6c5c4)ccc3-c3c2ccc2ccccc32)cc1. The topological polar surface area (TPSA) is 62.9 Å². The van der Waals surface area contributed by atoms with Gasteiger partial charge in [-0.2, -0.15) is 0 Å². The minimum absolute atomic E-state index is 0.334. The van der Waals surface area contributed by atoms with Crippen molar-refractivity contribution in [3.63, 3.8) is 0 Å². The molecule has 5 nitrogen and oxygen atoms in total. The van der Waals surface area contributed by atoms with E-state index in [1.807, 2.05) is 78.9 Å². The predicted molar refractivity (Wildman–Crippen MR) is 581 cm³/mol. The first-order chi connectivity index (χ1) is 66.8. The Balaban J connectivity index is 0.000000114. The van der Waals surface area contributed by atoms with Gasteiger partial charge in [-0.25, -0.2) is 4.79 Å². The van der Waals surface area contributed by atoms with Gasteiger partial charge in [0.05, 0.1) is 23.5 Å². The second kappa shape index (κ2) is 37.1. The highest BCUT2D eigenvalue weighted by molar-refractivity contribution is 9.11. The number of hydrogen-bond acceptors (Lipinski definition) is 5. The lowest BCUT2D eigenvalue weighted by Gasteiger charge is -2.35. The Labute approximate surface area is 825 Å². The number of anilines is 3. The number of carbonyl (C=O) groups excluding carboxylic acids is 1. The standard InChI is InChI=1S/C49H35NO.C31H25BrO.C31H23Br.C18H13BrO2/c1-32-16-21-35(22-17-32)49(36-23-18-33(2)19-24-36)44-28-20-34-10-6-7-13-40(34)48(44)42-27-25-39(31-45(42)49)50(37-11-4-3-5-12-37)38-26-29-47-43(30-38)41-14-8-9-15-46(41)51-47;1-21-10-14-24(15-11-21)31(33,25-16-12-22(2)13-17-25)30-20-26(32)18-19-29(30)28-9-5-7-23-6-3-4-8-27(23)28;1-20-7-12-23(13-8-20)31(24-14-9-21(2)10-15-24)28-18-11-22-5-3-4-6-26(22)30(28)27-17-16-25(32)19-29(27)31;1-21-18(20)17-11-13(19)9-10-16(17)15-8-4-6-12-5-2-3-7-14(12)15/h3-31H,1-2H3;3-20,33H,1-2H3;3-19H,1-2H3;2-11H,1H3. The molecule has 0 radical (unpaired) electrons. The van der Waals surface area contributed by atoms with E-state index in [1.54, 1.807) is 6.07 Å². The van der Waals surface area contributed by atoms with Gasteiger partial charge in [-0.05, 0) is 270 Å². The van der Waals surface area contributed by atoms with Gasteiger partial charge < -0.3 is 19.2 Å². The second-order valence-corrected chi connectivity index (χ2v) is 38.9. The molecular formula is C129H96Br3NO4. The lowest BCUT2D eigenvalue weighted by molar-refractivity contribution is 0.0601. The summed E-state index contributed by atoms with van der Waals surface area (Å²) in [6, 6.07) is 160. The molecule has 0 amide bonds. The van der Waals surface area contributed by atoms with E-state index in [9.17, 15) is 9.90 Å². The summed E-state index contributed by atoms with van der Waals surface area (Å²) in [5.41, 5.74) is 33.1. The van der Waals surface area contributed by atoms with E-state index < -0.39 is 11.0 Å². The normalized spacial score (nSPS) is 12.5. The maximum atomic E-state index is 12.6. The minimum atomic E-state index is -1.32. The Morgan fingerprint density at radius 3 is 1.12 bits per heavy atom. The van der Waals surface area contributed by atoms with E-state index in [-0.39, 0.29) is 11.4 Å². The van der Waals surface area contributed by atoms with Crippen LogP contribution in [0.4, 0.5) is 17.1 Å². The second-order valence-electron chi connectivity index (χ2n) is 36.1. The zero-order chi connectivity index (χ0) is 93.8. The maximum Gasteiger partial charge on any atom is 0.338 e. The maximum absolute atomic E-state index is 12.6. The van der Waals surface area contributed by atoms with Crippen molar-refractivity contribution < 1.29 is 19.1 Å². The monoisotopic (exact) mass is 1960 g/mol. The molecule has 0 saturated carbocycles. The minimum Gasteiger partial charge on any atom is -0.465 e. The van der Waals surface area contributed by atoms with Crippen LogP contribution in [-0.2, 0) is 21.2 Å². The molecule has 662 valence electrons. The first-order valence-corrected chi connectivity index (χ1v) is 48.8. The van der Waals surface area contributed by atoms with Crippen LogP contribution >= 0.6 is 47.8 Å². The molecule has 2 aliphatic rings. The molecular weight excluding hydrogens is 1870 g/mol. The average Bonchev–Trinajstić information content (AvgIpc) is 1.53. The molecule has 0 bridgehead atoms. The summed E-state index contributed by atoms with van der Waals surface area (Å²) in [5, 5.41) is 24.6. The third-order valence-corrected chi connectivity index (χ3v) is 29.2. The molecule has 0 atom stereocenters. The van der Waals surface area contributed by atoms with Gasteiger partial charge in [0.1, 0.15) is 16.8 Å². The number of rotatable bonds is 13. The van der Waals surface area contributed by atoms with Crippen LogP contribution in [0.5, 0.6) is 0 Å². The van der Waals surface area contributed by atoms with Gasteiger partial charge in [-0.15, -0.1) is 0 Å². The number of nitrogens with zero attached hydrogens (tertiary/aromatic N) is 1. The number of aliphatic hydroxyl groups is 1. The van der Waals surface area contributed by atoms with Gasteiger partial charge in [0, 0.05) is 46.8 Å². The van der Waals surface area contributed by atoms with E-state index in [4.69, 9.17) is 9.15 Å². The van der Waals surface area contributed by atoms with Crippen molar-refractivity contribution in [2.24, 2.45) is 0 Å². The highest BCUT2D eigenvalue weighted by atomic mass is 79.9. The smallest absolute Gasteiger partial charge is 0.338 e. The number of para-hydroxylation sites is 2. The van der Waals surface area contributed by atoms with Crippen LogP contribution in [0, 0.1) is 41.5 Å². The van der Waals surface area contributed by atoms with Crippen molar-refractivity contribution in [3.8, 4) is 44.5 Å². The average molecular weight is 1960 g/mol. The number of methoxy groups -OCH3 is 1. The number of benzene rings is 21. The van der Waals surface area contributed by atoms with Crippen LogP contribution in [0.25, 0.3) is 110 Å². The Kier molecular flexibility index (Phi) is 24.0. The van der Waals surface area contributed by atoms with Crippen LogP contribution in [0.3, 0.4) is 0 Å². The number of furan rings is 1. The van der Waals surface area contributed by atoms with Crippen LogP contribution in [-0.4, -0.2) is 18.2 Å². The van der Waals surface area contributed by atoms with E-state index >= 15 is 0 Å². The third-order valence-electron chi connectivity index (χ3n) is 27.7. The largest absolute Gasteiger partial charge is 0.465 e. The van der Waals surface area contributed by atoms with Gasteiger partial charge in [0.2, 0.25) is 0 Å². The Morgan fingerprint density at radius 1 is 0.285 bits per heavy atom. The van der Waals surface area contributed by atoms with Crippen molar-refractivity contribution in [2.75, 3.05) is 12.0 Å². The number of ether oxygens (including phenoxy) is 1.